The first kappa shape index (κ1) is 26.2. The highest BCUT2D eigenvalue weighted by atomic mass is 35.5. The Labute approximate surface area is 210 Å². The van der Waals surface area contributed by atoms with E-state index in [1.165, 1.54) is 36.5 Å². The van der Waals surface area contributed by atoms with E-state index >= 15 is 0 Å². The summed E-state index contributed by atoms with van der Waals surface area (Å²) >= 11 is 5.88. The van der Waals surface area contributed by atoms with Crippen LogP contribution in [-0.2, 0) is 22.6 Å². The molecule has 0 saturated heterocycles. The van der Waals surface area contributed by atoms with Gasteiger partial charge in [-0.3, -0.25) is 4.57 Å². The van der Waals surface area contributed by atoms with Crippen molar-refractivity contribution in [3.05, 3.63) is 63.9 Å². The van der Waals surface area contributed by atoms with Gasteiger partial charge in [0.2, 0.25) is 5.84 Å². The van der Waals surface area contributed by atoms with Crippen LogP contribution in [0.15, 0.2) is 52.4 Å². The van der Waals surface area contributed by atoms with Crippen molar-refractivity contribution in [2.24, 2.45) is 4.99 Å². The number of carbonyl (C=O) groups is 1. The van der Waals surface area contributed by atoms with Crippen molar-refractivity contribution in [1.29, 1.82) is 0 Å². The fourth-order valence-corrected chi connectivity index (χ4v) is 3.57. The molecule has 1 unspecified atom stereocenters. The number of aliphatic hydroxyl groups is 1. The molecule has 2 aromatic heterocycles. The molecule has 2 atom stereocenters. The van der Waals surface area contributed by atoms with Crippen molar-refractivity contribution in [1.82, 2.24) is 24.8 Å². The Bertz CT molecular complexity index is 1390. The summed E-state index contributed by atoms with van der Waals surface area (Å²) < 4.78 is 59.7. The number of aliphatic hydroxyl groups excluding tert-OH is 1. The number of nitrogens with one attached hydrogen (secondary N) is 1. The molecule has 16 heteroatoms. The molecule has 0 aliphatic carbocycles. The number of hydrogen-bond donors (Lipinski definition) is 2. The molecule has 37 heavy (non-hydrogen) atoms. The number of amidine groups is 1. The van der Waals surface area contributed by atoms with E-state index in [2.05, 4.69) is 25.2 Å². The summed E-state index contributed by atoms with van der Waals surface area (Å²) in [7, 11) is 1.08. The summed E-state index contributed by atoms with van der Waals surface area (Å²) in [4.78, 5) is 33.3. The monoisotopic (exact) mass is 543 g/mol. The highest BCUT2D eigenvalue weighted by Crippen LogP contribution is 2.24. The Morgan fingerprint density at radius 3 is 2.59 bits per heavy atom. The number of esters is 1. The standard InChI is InChI=1S/C21H18ClF4N7O4/c1-37-19(35)18-28-15(29-33(18)17-13(23)3-2-8-27-17)10-32-20(36)31(9-14(34)21(24,25)26)16(30-32)11-4-6-12(22)7-5-11/h2-8,14-15,29,34H,9-10H2,1H3/t14-,15?/m0/s1. The van der Waals surface area contributed by atoms with Gasteiger partial charge in [-0.05, 0) is 36.4 Å². The number of hydrazine groups is 1. The quantitative estimate of drug-likeness (QED) is 0.341. The van der Waals surface area contributed by atoms with E-state index in [-0.39, 0.29) is 29.6 Å². The van der Waals surface area contributed by atoms with E-state index in [0.29, 0.717) is 9.59 Å². The fourth-order valence-electron chi connectivity index (χ4n) is 3.44. The minimum atomic E-state index is -4.99. The van der Waals surface area contributed by atoms with Crippen molar-refractivity contribution in [2.75, 3.05) is 12.1 Å². The van der Waals surface area contributed by atoms with E-state index < -0.39 is 42.5 Å². The predicted octanol–water partition coefficient (Wildman–Crippen LogP) is 1.74. The number of anilines is 1. The molecular weight excluding hydrogens is 526 g/mol. The molecule has 1 aliphatic rings. The minimum Gasteiger partial charge on any atom is -0.463 e. The Balaban J connectivity index is 1.70. The molecule has 11 nitrogen and oxygen atoms in total. The van der Waals surface area contributed by atoms with Gasteiger partial charge in [0.15, 0.2) is 23.6 Å². The smallest absolute Gasteiger partial charge is 0.416 e. The first-order valence-electron chi connectivity index (χ1n) is 10.5. The van der Waals surface area contributed by atoms with Crippen molar-refractivity contribution in [2.45, 2.75) is 31.5 Å². The van der Waals surface area contributed by atoms with E-state index in [1.54, 1.807) is 0 Å². The lowest BCUT2D eigenvalue weighted by molar-refractivity contribution is -0.207. The molecule has 3 aromatic rings. The summed E-state index contributed by atoms with van der Waals surface area (Å²) in [5.41, 5.74) is 1.96. The van der Waals surface area contributed by atoms with Crippen LogP contribution in [-0.4, -0.2) is 61.8 Å². The molecule has 1 aromatic carbocycles. The Kier molecular flexibility index (Phi) is 7.29. The molecule has 1 aliphatic heterocycles. The maximum Gasteiger partial charge on any atom is 0.416 e. The number of hydrogen-bond acceptors (Lipinski definition) is 9. The Morgan fingerprint density at radius 1 is 1.27 bits per heavy atom. The zero-order valence-corrected chi connectivity index (χ0v) is 19.6. The Morgan fingerprint density at radius 2 is 1.97 bits per heavy atom. The van der Waals surface area contributed by atoms with Crippen LogP contribution in [0.4, 0.5) is 23.4 Å². The van der Waals surface area contributed by atoms with E-state index in [9.17, 15) is 32.3 Å². The number of carbonyl (C=O) groups excluding carboxylic acids is 1. The first-order chi connectivity index (χ1) is 17.5. The first-order valence-corrected chi connectivity index (χ1v) is 10.9. The third kappa shape index (κ3) is 5.47. The highest BCUT2D eigenvalue weighted by molar-refractivity contribution is 6.41. The van der Waals surface area contributed by atoms with Crippen molar-refractivity contribution < 1.29 is 32.2 Å². The van der Waals surface area contributed by atoms with Crippen LogP contribution >= 0.6 is 11.6 Å². The average molecular weight is 544 g/mol. The average Bonchev–Trinajstić information content (AvgIpc) is 3.40. The second-order valence-electron chi connectivity index (χ2n) is 7.70. The van der Waals surface area contributed by atoms with Gasteiger partial charge < -0.3 is 9.84 Å². The summed E-state index contributed by atoms with van der Waals surface area (Å²) in [6.07, 6.45) is -7.65. The Hall–Kier alpha value is -3.82. The number of methoxy groups -OCH3 is 1. The van der Waals surface area contributed by atoms with Crippen LogP contribution in [0.5, 0.6) is 0 Å². The maximum absolute atomic E-state index is 14.3. The molecule has 0 saturated carbocycles. The SMILES string of the molecule is COC(=O)C1=NC(Cn2nc(-c3ccc(Cl)cc3)n(C[C@H](O)C(F)(F)F)c2=O)NN1c1ncccc1F. The molecule has 3 heterocycles. The van der Waals surface area contributed by atoms with E-state index in [0.717, 1.165) is 22.9 Å². The number of pyridine rings is 1. The van der Waals surface area contributed by atoms with Crippen molar-refractivity contribution in [3.63, 3.8) is 0 Å². The number of aliphatic imine (C=N–C) groups is 1. The van der Waals surface area contributed by atoms with Gasteiger partial charge >= 0.3 is 17.8 Å². The van der Waals surface area contributed by atoms with E-state index in [1.807, 2.05) is 0 Å². The van der Waals surface area contributed by atoms with Crippen molar-refractivity contribution in [3.8, 4) is 11.4 Å². The third-order valence-corrected chi connectivity index (χ3v) is 5.44. The van der Waals surface area contributed by atoms with Gasteiger partial charge in [-0.25, -0.2) is 39.1 Å². The molecule has 0 bridgehead atoms. The summed E-state index contributed by atoms with van der Waals surface area (Å²) in [6.45, 7) is -1.51. The van der Waals surface area contributed by atoms with Crippen LogP contribution in [0.1, 0.15) is 0 Å². The van der Waals surface area contributed by atoms with Gasteiger partial charge in [-0.15, -0.1) is 5.10 Å². The van der Waals surface area contributed by atoms with Gasteiger partial charge in [0.1, 0.15) is 6.17 Å². The second kappa shape index (κ2) is 10.3. The molecule has 0 fully saturated rings. The summed E-state index contributed by atoms with van der Waals surface area (Å²) in [5, 5.41) is 15.0. The summed E-state index contributed by atoms with van der Waals surface area (Å²) in [6, 6.07) is 8.23. The van der Waals surface area contributed by atoms with Crippen molar-refractivity contribution >= 4 is 29.2 Å². The number of alkyl halides is 3. The maximum atomic E-state index is 14.3. The van der Waals surface area contributed by atoms with Crippen LogP contribution in [0, 0.1) is 5.82 Å². The lowest BCUT2D eigenvalue weighted by Gasteiger charge is -2.19. The molecule has 0 spiro atoms. The van der Waals surface area contributed by atoms with Gasteiger partial charge in [-0.1, -0.05) is 11.6 Å². The van der Waals surface area contributed by atoms with E-state index in [4.69, 9.17) is 11.6 Å². The normalized spacial score (nSPS) is 16.6. The van der Waals surface area contributed by atoms with Crippen LogP contribution in [0.3, 0.4) is 0 Å². The molecule has 0 radical (unpaired) electrons. The highest BCUT2D eigenvalue weighted by Gasteiger charge is 2.40. The molecular formula is C21H18ClF4N7O4. The van der Waals surface area contributed by atoms with Crippen LogP contribution < -0.4 is 16.1 Å². The third-order valence-electron chi connectivity index (χ3n) is 5.19. The number of rotatable bonds is 7. The summed E-state index contributed by atoms with van der Waals surface area (Å²) in [5.74, 6) is -2.58. The number of nitrogens with zero attached hydrogens (tertiary/aromatic N) is 6. The fraction of sp³-hybridized carbons (Fsp3) is 0.286. The second-order valence-corrected chi connectivity index (χ2v) is 8.13. The number of benzene rings is 1. The lowest BCUT2D eigenvalue weighted by Crippen LogP contribution is -2.46. The molecule has 196 valence electrons. The zero-order valence-electron chi connectivity index (χ0n) is 18.9. The molecule has 0 amide bonds. The number of ether oxygens (including phenoxy) is 1. The van der Waals surface area contributed by atoms with Crippen LogP contribution in [0.2, 0.25) is 5.02 Å². The van der Waals surface area contributed by atoms with Crippen LogP contribution in [0.25, 0.3) is 11.4 Å². The number of aromatic nitrogens is 4. The van der Waals surface area contributed by atoms with Gasteiger partial charge in [0, 0.05) is 16.8 Å². The molecule has 4 rings (SSSR count). The topological polar surface area (TPSA) is 127 Å². The van der Waals surface area contributed by atoms with Gasteiger partial charge in [0.05, 0.1) is 20.2 Å². The largest absolute Gasteiger partial charge is 0.463 e. The molecule has 2 N–H and O–H groups in total. The minimum absolute atomic E-state index is 0.173. The van der Waals surface area contributed by atoms with Gasteiger partial charge in [0.25, 0.3) is 0 Å². The lowest BCUT2D eigenvalue weighted by atomic mass is 10.2. The van der Waals surface area contributed by atoms with Gasteiger partial charge in [-0.2, -0.15) is 13.2 Å². The predicted molar refractivity (Wildman–Crippen MR) is 122 cm³/mol. The number of halogens is 5. The zero-order chi connectivity index (χ0) is 26.9.